The topological polar surface area (TPSA) is 106 Å². The summed E-state index contributed by atoms with van der Waals surface area (Å²) in [5.74, 6) is -1.45. The lowest BCUT2D eigenvalue weighted by Crippen LogP contribution is -2.89. The van der Waals surface area contributed by atoms with Crippen LogP contribution in [0.1, 0.15) is 11.5 Å². The van der Waals surface area contributed by atoms with Crippen LogP contribution in [0.15, 0.2) is 29.2 Å². The van der Waals surface area contributed by atoms with E-state index in [1.807, 2.05) is 30.5 Å². The summed E-state index contributed by atoms with van der Waals surface area (Å²) < 4.78 is 11.5. The van der Waals surface area contributed by atoms with E-state index in [4.69, 9.17) is 15.2 Å². The standard InChI is InChI=1S/C16H14N4O2S/c1-23-11-4-2-10(3-5-11)12-14(8-17)13(19)20-16(15(12,14)9-18)21-6-7-22-16/h2-5,12H,6-7H2,1H3,(H2,19,20)/p+1/t12-,14-,15-/m1/s1. The Morgan fingerprint density at radius 3 is 2.39 bits per heavy atom. The second-order valence-corrected chi connectivity index (χ2v) is 6.78. The maximum atomic E-state index is 9.97. The number of benzene rings is 1. The van der Waals surface area contributed by atoms with Crippen LogP contribution in [0.5, 0.6) is 0 Å². The molecule has 2 heterocycles. The number of hydrogen-bond donors (Lipinski definition) is 2. The molecule has 2 aliphatic heterocycles. The molecule has 1 saturated carbocycles. The van der Waals surface area contributed by atoms with Gasteiger partial charge in [0, 0.05) is 10.8 Å². The predicted octanol–water partition coefficient (Wildman–Crippen LogP) is -0.322. The number of nitrogens with two attached hydrogens (primary N) is 1. The molecule has 1 aromatic rings. The van der Waals surface area contributed by atoms with E-state index in [1.54, 1.807) is 11.8 Å². The van der Waals surface area contributed by atoms with Crippen LogP contribution in [0.25, 0.3) is 0 Å². The molecule has 1 spiro atoms. The van der Waals surface area contributed by atoms with Crippen molar-refractivity contribution >= 4 is 17.6 Å². The van der Waals surface area contributed by atoms with Crippen molar-refractivity contribution in [3.63, 3.8) is 0 Å². The third kappa shape index (κ3) is 1.39. The SMILES string of the molecule is CSc1ccc([C@@H]2[C@]3(C#N)C(N)=[NH+]C4(OCCO4)[C@]23C#N)cc1. The smallest absolute Gasteiger partial charge is 0.311 e. The molecule has 23 heavy (non-hydrogen) atoms. The highest BCUT2D eigenvalue weighted by Gasteiger charge is 2.97. The molecular weight excluding hydrogens is 312 g/mol. The molecule has 0 amide bonds. The van der Waals surface area contributed by atoms with Crippen LogP contribution >= 0.6 is 11.8 Å². The predicted molar refractivity (Wildman–Crippen MR) is 81.8 cm³/mol. The summed E-state index contributed by atoms with van der Waals surface area (Å²) in [5, 5.41) is 19.8. The van der Waals surface area contributed by atoms with Gasteiger partial charge in [0.25, 0.3) is 5.84 Å². The van der Waals surface area contributed by atoms with Gasteiger partial charge in [-0.2, -0.15) is 10.5 Å². The van der Waals surface area contributed by atoms with Gasteiger partial charge in [-0.3, -0.25) is 5.73 Å². The zero-order chi connectivity index (χ0) is 16.3. The first-order chi connectivity index (χ1) is 11.1. The zero-order valence-electron chi connectivity index (χ0n) is 12.5. The molecule has 1 aliphatic carbocycles. The summed E-state index contributed by atoms with van der Waals surface area (Å²) in [6.07, 6.45) is 2.00. The number of ether oxygens (including phenoxy) is 2. The second-order valence-electron chi connectivity index (χ2n) is 5.90. The fourth-order valence-electron chi connectivity index (χ4n) is 4.11. The van der Waals surface area contributed by atoms with Crippen LogP contribution in [0.3, 0.4) is 0 Å². The van der Waals surface area contributed by atoms with Crippen LogP contribution in [-0.2, 0) is 9.47 Å². The lowest BCUT2D eigenvalue weighted by atomic mass is 9.94. The molecule has 0 radical (unpaired) electrons. The quantitative estimate of drug-likeness (QED) is 0.721. The van der Waals surface area contributed by atoms with Gasteiger partial charge in [0.1, 0.15) is 0 Å². The lowest BCUT2D eigenvalue weighted by Gasteiger charge is -2.23. The molecule has 7 heteroatoms. The highest BCUT2D eigenvalue weighted by atomic mass is 32.2. The van der Waals surface area contributed by atoms with E-state index in [1.165, 1.54) is 0 Å². The molecule has 3 atom stereocenters. The van der Waals surface area contributed by atoms with Crippen LogP contribution in [0.2, 0.25) is 0 Å². The summed E-state index contributed by atoms with van der Waals surface area (Å²) in [7, 11) is 0. The van der Waals surface area contributed by atoms with E-state index in [9.17, 15) is 10.5 Å². The maximum absolute atomic E-state index is 9.97. The fraction of sp³-hybridized carbons (Fsp3) is 0.438. The average molecular weight is 327 g/mol. The first kappa shape index (κ1) is 14.5. The molecule has 4 rings (SSSR count). The Bertz CT molecular complexity index is 788. The molecule has 0 aromatic heterocycles. The summed E-state index contributed by atoms with van der Waals surface area (Å²) in [6, 6.07) is 12.4. The molecule has 2 fully saturated rings. The zero-order valence-corrected chi connectivity index (χ0v) is 13.3. The average Bonchev–Trinajstić information content (AvgIpc) is 2.83. The number of amidine groups is 1. The Balaban J connectivity index is 1.87. The van der Waals surface area contributed by atoms with Gasteiger partial charge in [0.15, 0.2) is 10.8 Å². The first-order valence-electron chi connectivity index (χ1n) is 7.27. The van der Waals surface area contributed by atoms with Crippen molar-refractivity contribution in [3.8, 4) is 12.1 Å². The Labute approximate surface area is 137 Å². The van der Waals surface area contributed by atoms with Crippen molar-refractivity contribution in [1.82, 2.24) is 0 Å². The Hall–Kier alpha value is -2.06. The Morgan fingerprint density at radius 1 is 1.22 bits per heavy atom. The normalized spacial score (nSPS) is 36.1. The highest BCUT2D eigenvalue weighted by Crippen LogP contribution is 2.79. The van der Waals surface area contributed by atoms with Gasteiger partial charge in [-0.25, -0.2) is 4.99 Å². The van der Waals surface area contributed by atoms with Gasteiger partial charge in [0.2, 0.25) is 0 Å². The number of fused-ring (bicyclic) bond motifs is 2. The number of hydrogen-bond acceptors (Lipinski definition) is 6. The molecule has 1 aromatic carbocycles. The van der Waals surface area contributed by atoms with Crippen molar-refractivity contribution in [3.05, 3.63) is 29.8 Å². The van der Waals surface area contributed by atoms with Gasteiger partial charge in [0.05, 0.1) is 25.4 Å². The van der Waals surface area contributed by atoms with Gasteiger partial charge in [-0.05, 0) is 24.0 Å². The largest absolute Gasteiger partial charge is 0.343 e. The van der Waals surface area contributed by atoms with Crippen LogP contribution in [0, 0.1) is 33.5 Å². The van der Waals surface area contributed by atoms with Crippen molar-refractivity contribution in [2.24, 2.45) is 16.6 Å². The minimum absolute atomic E-state index is 0.252. The molecule has 1 saturated heterocycles. The molecule has 3 N–H and O–H groups in total. The third-order valence-electron chi connectivity index (χ3n) is 5.14. The van der Waals surface area contributed by atoms with E-state index in [2.05, 4.69) is 17.1 Å². The van der Waals surface area contributed by atoms with Gasteiger partial charge >= 0.3 is 5.91 Å². The highest BCUT2D eigenvalue weighted by molar-refractivity contribution is 7.98. The van der Waals surface area contributed by atoms with E-state index in [-0.39, 0.29) is 11.8 Å². The number of nitriles is 2. The summed E-state index contributed by atoms with van der Waals surface area (Å²) in [4.78, 5) is 4.06. The number of rotatable bonds is 2. The van der Waals surface area contributed by atoms with Crippen molar-refractivity contribution in [2.75, 3.05) is 19.5 Å². The van der Waals surface area contributed by atoms with Crippen molar-refractivity contribution in [1.29, 1.82) is 10.5 Å². The number of nitrogens with zero attached hydrogens (tertiary/aromatic N) is 2. The van der Waals surface area contributed by atoms with Crippen LogP contribution in [0.4, 0.5) is 0 Å². The second kappa shape index (κ2) is 4.48. The molecule has 6 nitrogen and oxygen atoms in total. The van der Waals surface area contributed by atoms with Crippen LogP contribution < -0.4 is 10.7 Å². The monoisotopic (exact) mass is 327 g/mol. The van der Waals surface area contributed by atoms with Gasteiger partial charge < -0.3 is 9.47 Å². The molecule has 0 bridgehead atoms. The Kier molecular flexibility index (Phi) is 2.83. The maximum Gasteiger partial charge on any atom is 0.343 e. The van der Waals surface area contributed by atoms with Crippen molar-refractivity contribution < 1.29 is 14.5 Å². The minimum atomic E-state index is -1.33. The molecule has 116 valence electrons. The molecule has 3 aliphatic rings. The molecular formula is C16H15N4O2S+. The lowest BCUT2D eigenvalue weighted by molar-refractivity contribution is -0.676. The Morgan fingerprint density at radius 2 is 1.87 bits per heavy atom. The number of thioether (sulfide) groups is 1. The number of nitrogens with one attached hydrogen (secondary N) is 1. The van der Waals surface area contributed by atoms with Crippen LogP contribution in [-0.4, -0.2) is 31.2 Å². The summed E-state index contributed by atoms with van der Waals surface area (Å²) >= 11 is 1.64. The first-order valence-corrected chi connectivity index (χ1v) is 8.50. The fourth-order valence-corrected chi connectivity index (χ4v) is 4.52. The molecule has 0 unspecified atom stereocenters. The summed E-state index contributed by atoms with van der Waals surface area (Å²) in [6.45, 7) is 0.729. The van der Waals surface area contributed by atoms with E-state index in [0.29, 0.717) is 13.2 Å². The van der Waals surface area contributed by atoms with Gasteiger partial charge in [-0.15, -0.1) is 11.8 Å². The van der Waals surface area contributed by atoms with E-state index < -0.39 is 16.7 Å². The summed E-state index contributed by atoms with van der Waals surface area (Å²) in [5.41, 5.74) is 4.73. The van der Waals surface area contributed by atoms with E-state index >= 15 is 0 Å². The minimum Gasteiger partial charge on any atom is -0.311 e. The van der Waals surface area contributed by atoms with E-state index in [0.717, 1.165) is 10.5 Å². The van der Waals surface area contributed by atoms with Gasteiger partial charge in [-0.1, -0.05) is 12.1 Å². The van der Waals surface area contributed by atoms with Crippen molar-refractivity contribution in [2.45, 2.75) is 16.7 Å². The third-order valence-corrected chi connectivity index (χ3v) is 5.89.